The smallest absolute Gasteiger partial charge is 0.239 e. The van der Waals surface area contributed by atoms with Crippen molar-refractivity contribution in [1.29, 1.82) is 0 Å². The second-order valence-electron chi connectivity index (χ2n) is 6.54. The lowest BCUT2D eigenvalue weighted by molar-refractivity contribution is -0.116. The van der Waals surface area contributed by atoms with Gasteiger partial charge in [-0.15, -0.1) is 21.5 Å². The van der Waals surface area contributed by atoms with Gasteiger partial charge in [0.2, 0.25) is 11.8 Å². The van der Waals surface area contributed by atoms with Gasteiger partial charge in [-0.05, 0) is 32.4 Å². The van der Waals surface area contributed by atoms with Crippen molar-refractivity contribution in [2.45, 2.75) is 37.6 Å². The lowest BCUT2D eigenvalue weighted by Crippen LogP contribution is -2.23. The predicted octanol–water partition coefficient (Wildman–Crippen LogP) is 3.19. The first kappa shape index (κ1) is 21.0. The Balaban J connectivity index is 1.59. The zero-order valence-electron chi connectivity index (χ0n) is 16.6. The number of aromatic nitrogens is 4. The lowest BCUT2D eigenvalue weighted by Gasteiger charge is -2.10. The van der Waals surface area contributed by atoms with Gasteiger partial charge in [-0.1, -0.05) is 30.0 Å². The van der Waals surface area contributed by atoms with Crippen LogP contribution in [0.4, 0.5) is 10.8 Å². The van der Waals surface area contributed by atoms with E-state index in [-0.39, 0.29) is 18.2 Å². The van der Waals surface area contributed by atoms with Crippen LogP contribution in [0.3, 0.4) is 0 Å². The van der Waals surface area contributed by atoms with Gasteiger partial charge in [0, 0.05) is 18.1 Å². The summed E-state index contributed by atoms with van der Waals surface area (Å²) < 4.78 is 1.74. The van der Waals surface area contributed by atoms with Gasteiger partial charge < -0.3 is 15.2 Å². The Labute approximate surface area is 177 Å². The molecule has 2 heterocycles. The van der Waals surface area contributed by atoms with Crippen molar-refractivity contribution >= 4 is 45.7 Å². The molecule has 0 saturated heterocycles. The number of carbonyl (C=O) groups is 2. The second kappa shape index (κ2) is 9.19. The van der Waals surface area contributed by atoms with E-state index in [2.05, 4.69) is 25.8 Å². The molecule has 29 heavy (non-hydrogen) atoms. The summed E-state index contributed by atoms with van der Waals surface area (Å²) >= 11 is 2.67. The molecule has 0 saturated carbocycles. The molecule has 3 aromatic rings. The Bertz CT molecular complexity index is 1030. The normalized spacial score (nSPS) is 11.9. The number of benzene rings is 1. The van der Waals surface area contributed by atoms with Crippen molar-refractivity contribution in [3.05, 3.63) is 46.7 Å². The van der Waals surface area contributed by atoms with Crippen molar-refractivity contribution in [1.82, 2.24) is 19.7 Å². The molecule has 8 nitrogen and oxygen atoms in total. The average molecular weight is 431 g/mol. The molecular weight excluding hydrogens is 408 g/mol. The van der Waals surface area contributed by atoms with Crippen molar-refractivity contribution in [3.8, 4) is 0 Å². The van der Waals surface area contributed by atoms with Gasteiger partial charge in [-0.3, -0.25) is 9.59 Å². The Morgan fingerprint density at radius 2 is 1.97 bits per heavy atom. The molecule has 0 aliphatic rings. The molecule has 0 bridgehead atoms. The van der Waals surface area contributed by atoms with Gasteiger partial charge in [0.25, 0.3) is 0 Å². The van der Waals surface area contributed by atoms with Gasteiger partial charge in [0.1, 0.15) is 5.82 Å². The first-order valence-electron chi connectivity index (χ1n) is 8.97. The third kappa shape index (κ3) is 5.42. The highest BCUT2D eigenvalue weighted by molar-refractivity contribution is 8.00. The van der Waals surface area contributed by atoms with Gasteiger partial charge in [0.15, 0.2) is 10.3 Å². The van der Waals surface area contributed by atoms with Crippen LogP contribution in [-0.4, -0.2) is 36.8 Å². The summed E-state index contributed by atoms with van der Waals surface area (Å²) in [6.45, 7) is 5.60. The number of thiazole rings is 1. The molecule has 10 heteroatoms. The summed E-state index contributed by atoms with van der Waals surface area (Å²) in [5.74, 6) is 0.198. The molecule has 2 amide bonds. The van der Waals surface area contributed by atoms with Crippen molar-refractivity contribution in [3.63, 3.8) is 0 Å². The fourth-order valence-corrected chi connectivity index (χ4v) is 4.01. The van der Waals surface area contributed by atoms with E-state index < -0.39 is 5.25 Å². The quantitative estimate of drug-likeness (QED) is 0.558. The molecule has 0 unspecified atom stereocenters. The van der Waals surface area contributed by atoms with Crippen LogP contribution in [0.2, 0.25) is 0 Å². The number of nitrogens with zero attached hydrogens (tertiary/aromatic N) is 4. The highest BCUT2D eigenvalue weighted by Crippen LogP contribution is 2.24. The number of amides is 2. The highest BCUT2D eigenvalue weighted by atomic mass is 32.2. The largest absolute Gasteiger partial charge is 0.325 e. The molecule has 0 radical (unpaired) electrons. The first-order valence-corrected chi connectivity index (χ1v) is 10.7. The number of anilines is 2. The summed E-state index contributed by atoms with van der Waals surface area (Å²) in [5, 5.41) is 16.6. The topological polar surface area (TPSA) is 102 Å². The van der Waals surface area contributed by atoms with E-state index in [9.17, 15) is 9.59 Å². The van der Waals surface area contributed by atoms with E-state index in [1.54, 1.807) is 18.5 Å². The van der Waals surface area contributed by atoms with Crippen LogP contribution in [0.1, 0.15) is 24.0 Å². The minimum Gasteiger partial charge on any atom is -0.325 e. The summed E-state index contributed by atoms with van der Waals surface area (Å²) in [7, 11) is 1.79. The first-order chi connectivity index (χ1) is 13.8. The number of hydrogen-bond acceptors (Lipinski definition) is 7. The van der Waals surface area contributed by atoms with E-state index in [1.165, 1.54) is 23.1 Å². The number of hydrogen-bond donors (Lipinski definition) is 2. The van der Waals surface area contributed by atoms with E-state index in [0.29, 0.717) is 16.1 Å². The molecule has 0 aliphatic carbocycles. The van der Waals surface area contributed by atoms with Gasteiger partial charge in [-0.2, -0.15) is 0 Å². The minimum atomic E-state index is -0.393. The highest BCUT2D eigenvalue weighted by Gasteiger charge is 2.20. The van der Waals surface area contributed by atoms with Crippen molar-refractivity contribution < 1.29 is 9.59 Å². The van der Waals surface area contributed by atoms with Gasteiger partial charge >= 0.3 is 0 Å². The molecule has 2 N–H and O–H groups in total. The van der Waals surface area contributed by atoms with Crippen molar-refractivity contribution in [2.24, 2.45) is 7.05 Å². The van der Waals surface area contributed by atoms with E-state index in [1.807, 2.05) is 43.5 Å². The van der Waals surface area contributed by atoms with Gasteiger partial charge in [0.05, 0.1) is 17.4 Å². The Morgan fingerprint density at radius 1 is 1.21 bits per heavy atom. The summed E-state index contributed by atoms with van der Waals surface area (Å²) in [5.41, 5.74) is 2.63. The summed E-state index contributed by atoms with van der Waals surface area (Å²) in [4.78, 5) is 29.0. The summed E-state index contributed by atoms with van der Waals surface area (Å²) in [6.07, 6.45) is 0.0946. The number of aryl methyl sites for hydroxylation is 2. The SMILES string of the molecule is Cc1csc(NC(=O)[C@@H](C)Sc2nnc(CC(=O)Nc3ccccc3C)n2C)n1. The Morgan fingerprint density at radius 3 is 2.66 bits per heavy atom. The molecule has 152 valence electrons. The fraction of sp³-hybridized carbons (Fsp3) is 0.316. The van der Waals surface area contributed by atoms with Crippen LogP contribution >= 0.6 is 23.1 Å². The summed E-state index contributed by atoms with van der Waals surface area (Å²) in [6, 6.07) is 7.59. The molecule has 0 fully saturated rings. The maximum absolute atomic E-state index is 12.4. The number of nitrogens with one attached hydrogen (secondary N) is 2. The maximum atomic E-state index is 12.4. The standard InChI is InChI=1S/C19H22N6O2S2/c1-11-7-5-6-8-14(11)21-16(26)9-15-23-24-19(25(15)4)29-13(3)17(27)22-18-20-12(2)10-28-18/h5-8,10,13H,9H2,1-4H3,(H,21,26)(H,20,22,27)/t13-/m1/s1. The third-order valence-electron chi connectivity index (χ3n) is 4.16. The molecule has 0 spiro atoms. The molecule has 2 aromatic heterocycles. The van der Waals surface area contributed by atoms with Crippen LogP contribution in [0.25, 0.3) is 0 Å². The second-order valence-corrected chi connectivity index (χ2v) is 8.71. The molecule has 0 aliphatic heterocycles. The fourth-order valence-electron chi connectivity index (χ4n) is 2.48. The average Bonchev–Trinajstić information content (AvgIpc) is 3.23. The monoisotopic (exact) mass is 430 g/mol. The maximum Gasteiger partial charge on any atom is 0.239 e. The number of carbonyl (C=O) groups excluding carboxylic acids is 2. The minimum absolute atomic E-state index is 0.0946. The lowest BCUT2D eigenvalue weighted by atomic mass is 10.2. The molecule has 1 atom stereocenters. The van der Waals surface area contributed by atoms with E-state index in [4.69, 9.17) is 0 Å². The predicted molar refractivity (Wildman–Crippen MR) is 115 cm³/mol. The van der Waals surface area contributed by atoms with E-state index in [0.717, 1.165) is 16.9 Å². The van der Waals surface area contributed by atoms with Crippen LogP contribution in [-0.2, 0) is 23.1 Å². The van der Waals surface area contributed by atoms with Crippen LogP contribution in [0, 0.1) is 13.8 Å². The number of para-hydroxylation sites is 1. The van der Waals surface area contributed by atoms with E-state index >= 15 is 0 Å². The van der Waals surface area contributed by atoms with Gasteiger partial charge in [-0.25, -0.2) is 4.98 Å². The number of thioether (sulfide) groups is 1. The zero-order valence-corrected chi connectivity index (χ0v) is 18.2. The van der Waals surface area contributed by atoms with Crippen LogP contribution in [0.15, 0.2) is 34.8 Å². The van der Waals surface area contributed by atoms with Crippen LogP contribution in [0.5, 0.6) is 0 Å². The third-order valence-corrected chi connectivity index (χ3v) is 6.17. The Kier molecular flexibility index (Phi) is 6.65. The molecular formula is C19H22N6O2S2. The van der Waals surface area contributed by atoms with Crippen LogP contribution < -0.4 is 10.6 Å². The molecule has 3 rings (SSSR count). The number of rotatable bonds is 7. The van der Waals surface area contributed by atoms with Crippen molar-refractivity contribution in [2.75, 3.05) is 10.6 Å². The molecule has 1 aromatic carbocycles. The zero-order chi connectivity index (χ0) is 21.0. The Hall–Kier alpha value is -2.72.